The highest BCUT2D eigenvalue weighted by molar-refractivity contribution is 9.11. The van der Waals surface area contributed by atoms with Crippen molar-refractivity contribution < 1.29 is 29.0 Å². The molecule has 3 N–H and O–H groups in total. The minimum atomic E-state index is -1.02. The van der Waals surface area contributed by atoms with Crippen molar-refractivity contribution in [3.8, 4) is 5.75 Å². The number of benzene rings is 1. The molecule has 0 aliphatic carbocycles. The summed E-state index contributed by atoms with van der Waals surface area (Å²) in [4.78, 5) is 36.4. The zero-order valence-electron chi connectivity index (χ0n) is 16.3. The molecule has 1 aromatic rings. The molecule has 0 fully saturated rings. The average molecular weight is 524 g/mol. The van der Waals surface area contributed by atoms with Crippen molar-refractivity contribution in [3.63, 3.8) is 0 Å². The summed E-state index contributed by atoms with van der Waals surface area (Å²) in [7, 11) is 1.22. The standard InChI is InChI=1S/C18H24Br2N2O6/c1-9(16(25)27-5)21-15(24)13(22-17(26)28-18(2,3)4)8-10-6-11(19)14(23)12(20)7-10/h6-7,9,13,23H,8H2,1-5H3,(H,21,24)(H,22,26)/t9-,13+/m1/s1. The summed E-state index contributed by atoms with van der Waals surface area (Å²) in [5.74, 6) is -1.17. The summed E-state index contributed by atoms with van der Waals surface area (Å²) in [6.07, 6.45) is -0.675. The lowest BCUT2D eigenvalue weighted by Crippen LogP contribution is -2.52. The van der Waals surface area contributed by atoms with Crippen molar-refractivity contribution in [2.75, 3.05) is 7.11 Å². The number of alkyl carbamates (subject to hydrolysis) is 1. The second-order valence-corrected chi connectivity index (χ2v) is 8.77. The molecular weight excluding hydrogens is 500 g/mol. The van der Waals surface area contributed by atoms with Crippen LogP contribution >= 0.6 is 31.9 Å². The summed E-state index contributed by atoms with van der Waals surface area (Å²) >= 11 is 6.46. The molecule has 0 spiro atoms. The van der Waals surface area contributed by atoms with Gasteiger partial charge in [-0.1, -0.05) is 0 Å². The van der Waals surface area contributed by atoms with E-state index in [9.17, 15) is 19.5 Å². The molecule has 0 bridgehead atoms. The van der Waals surface area contributed by atoms with Gasteiger partial charge in [0.1, 0.15) is 23.4 Å². The van der Waals surface area contributed by atoms with Crippen LogP contribution in [0.2, 0.25) is 0 Å². The molecule has 28 heavy (non-hydrogen) atoms. The molecule has 2 atom stereocenters. The summed E-state index contributed by atoms with van der Waals surface area (Å²) in [5.41, 5.74) is -0.0897. The number of rotatable bonds is 6. The van der Waals surface area contributed by atoms with Crippen molar-refractivity contribution in [2.45, 2.75) is 51.8 Å². The monoisotopic (exact) mass is 522 g/mol. The fourth-order valence-corrected chi connectivity index (χ4v) is 3.46. The maximum atomic E-state index is 12.7. The molecule has 1 aromatic carbocycles. The lowest BCUT2D eigenvalue weighted by Gasteiger charge is -2.24. The molecule has 0 aliphatic heterocycles. The van der Waals surface area contributed by atoms with Gasteiger partial charge in [-0.15, -0.1) is 0 Å². The maximum Gasteiger partial charge on any atom is 0.408 e. The van der Waals surface area contributed by atoms with Crippen LogP contribution < -0.4 is 10.6 Å². The first kappa shape index (κ1) is 24.2. The molecule has 8 nitrogen and oxygen atoms in total. The predicted molar refractivity (Wildman–Crippen MR) is 110 cm³/mol. The van der Waals surface area contributed by atoms with Gasteiger partial charge < -0.3 is 25.2 Å². The van der Waals surface area contributed by atoms with E-state index >= 15 is 0 Å². The number of hydrogen-bond acceptors (Lipinski definition) is 6. The second kappa shape index (κ2) is 10.1. The van der Waals surface area contributed by atoms with Gasteiger partial charge in [0.05, 0.1) is 16.1 Å². The Kier molecular flexibility index (Phi) is 8.75. The van der Waals surface area contributed by atoms with Crippen LogP contribution in [0.25, 0.3) is 0 Å². The first-order chi connectivity index (χ1) is 12.8. The van der Waals surface area contributed by atoms with Crippen LogP contribution in [0.3, 0.4) is 0 Å². The maximum absolute atomic E-state index is 12.7. The molecule has 10 heteroatoms. The number of halogens is 2. The Hall–Kier alpha value is -1.81. The number of phenols is 1. The number of ether oxygens (including phenoxy) is 2. The van der Waals surface area contributed by atoms with E-state index in [-0.39, 0.29) is 12.2 Å². The Labute approximate surface area is 180 Å². The highest BCUT2D eigenvalue weighted by Crippen LogP contribution is 2.33. The van der Waals surface area contributed by atoms with Crippen molar-refractivity contribution >= 4 is 49.8 Å². The van der Waals surface area contributed by atoms with E-state index in [4.69, 9.17) is 4.74 Å². The summed E-state index contributed by atoms with van der Waals surface area (Å²) in [5, 5.41) is 14.9. The van der Waals surface area contributed by atoms with Gasteiger partial charge in [0.25, 0.3) is 0 Å². The SMILES string of the molecule is COC(=O)[C@@H](C)NC(=O)[C@H](Cc1cc(Br)c(O)c(Br)c1)NC(=O)OC(C)(C)C. The van der Waals surface area contributed by atoms with Gasteiger partial charge in [-0.05, 0) is 77.3 Å². The Bertz CT molecular complexity index is 725. The predicted octanol–water partition coefficient (Wildman–Crippen LogP) is 3.03. The lowest BCUT2D eigenvalue weighted by molar-refractivity contribution is -0.144. The molecule has 0 unspecified atom stereocenters. The van der Waals surface area contributed by atoms with Crippen LogP contribution in [-0.2, 0) is 25.5 Å². The molecule has 0 saturated heterocycles. The molecule has 0 heterocycles. The highest BCUT2D eigenvalue weighted by atomic mass is 79.9. The van der Waals surface area contributed by atoms with Gasteiger partial charge in [-0.3, -0.25) is 4.79 Å². The van der Waals surface area contributed by atoms with Crippen molar-refractivity contribution in [1.29, 1.82) is 0 Å². The number of esters is 1. The van der Waals surface area contributed by atoms with Crippen molar-refractivity contribution in [1.82, 2.24) is 10.6 Å². The molecule has 2 amide bonds. The molecule has 1 rings (SSSR count). The quantitative estimate of drug-likeness (QED) is 0.494. The first-order valence-electron chi connectivity index (χ1n) is 8.38. The molecule has 0 aliphatic rings. The zero-order chi connectivity index (χ0) is 21.6. The van der Waals surface area contributed by atoms with Gasteiger partial charge in [0.15, 0.2) is 0 Å². The highest BCUT2D eigenvalue weighted by Gasteiger charge is 2.27. The van der Waals surface area contributed by atoms with E-state index in [1.54, 1.807) is 32.9 Å². The first-order valence-corrected chi connectivity index (χ1v) is 9.97. The summed E-state index contributed by atoms with van der Waals surface area (Å²) < 4.78 is 10.7. The van der Waals surface area contributed by atoms with Crippen LogP contribution in [0.4, 0.5) is 4.79 Å². The van der Waals surface area contributed by atoms with E-state index in [1.165, 1.54) is 14.0 Å². The number of amides is 2. The van der Waals surface area contributed by atoms with Crippen LogP contribution in [0.15, 0.2) is 21.1 Å². The molecule has 0 aromatic heterocycles. The van der Waals surface area contributed by atoms with Crippen LogP contribution in [-0.4, -0.2) is 47.9 Å². The fourth-order valence-electron chi connectivity index (χ4n) is 2.18. The number of phenolic OH excluding ortho intramolecular Hbond substituents is 1. The third kappa shape index (κ3) is 7.67. The average Bonchev–Trinajstić information content (AvgIpc) is 2.56. The number of nitrogens with one attached hydrogen (secondary N) is 2. The molecule has 156 valence electrons. The Morgan fingerprint density at radius 3 is 2.14 bits per heavy atom. The second-order valence-electron chi connectivity index (χ2n) is 7.06. The zero-order valence-corrected chi connectivity index (χ0v) is 19.4. The van der Waals surface area contributed by atoms with Gasteiger partial charge >= 0.3 is 12.1 Å². The largest absolute Gasteiger partial charge is 0.506 e. The Morgan fingerprint density at radius 1 is 1.14 bits per heavy atom. The number of carbonyl (C=O) groups is 3. The van der Waals surface area contributed by atoms with Gasteiger partial charge in [-0.2, -0.15) is 0 Å². The molecule has 0 radical (unpaired) electrons. The third-order valence-electron chi connectivity index (χ3n) is 3.44. The normalized spacial score (nSPS) is 13.2. The number of hydrogen-bond donors (Lipinski definition) is 3. The van der Waals surface area contributed by atoms with E-state index in [2.05, 4.69) is 47.2 Å². The number of methoxy groups -OCH3 is 1. The van der Waals surface area contributed by atoms with E-state index < -0.39 is 35.7 Å². The Balaban J connectivity index is 3.04. The van der Waals surface area contributed by atoms with Crippen molar-refractivity contribution in [3.05, 3.63) is 26.6 Å². The van der Waals surface area contributed by atoms with Gasteiger partial charge in [0.2, 0.25) is 5.91 Å². The smallest absolute Gasteiger partial charge is 0.408 e. The van der Waals surface area contributed by atoms with Crippen molar-refractivity contribution in [2.24, 2.45) is 0 Å². The van der Waals surface area contributed by atoms with Crippen LogP contribution in [0.5, 0.6) is 5.75 Å². The molecule has 0 saturated carbocycles. The number of aromatic hydroxyl groups is 1. The van der Waals surface area contributed by atoms with Gasteiger partial charge in [-0.25, -0.2) is 9.59 Å². The topological polar surface area (TPSA) is 114 Å². The van der Waals surface area contributed by atoms with E-state index in [0.29, 0.717) is 14.5 Å². The lowest BCUT2D eigenvalue weighted by atomic mass is 10.0. The summed E-state index contributed by atoms with van der Waals surface area (Å²) in [6, 6.07) is 1.34. The molecular formula is C18H24Br2N2O6. The third-order valence-corrected chi connectivity index (χ3v) is 4.65. The van der Waals surface area contributed by atoms with Crippen LogP contribution in [0.1, 0.15) is 33.3 Å². The summed E-state index contributed by atoms with van der Waals surface area (Å²) in [6.45, 7) is 6.58. The van der Waals surface area contributed by atoms with Gasteiger partial charge in [0, 0.05) is 6.42 Å². The minimum absolute atomic E-state index is 0.0177. The fraction of sp³-hybridized carbons (Fsp3) is 0.500. The van der Waals surface area contributed by atoms with E-state index in [0.717, 1.165) is 0 Å². The number of carbonyl (C=O) groups excluding carboxylic acids is 3. The Morgan fingerprint density at radius 2 is 1.68 bits per heavy atom. The van der Waals surface area contributed by atoms with E-state index in [1.807, 2.05) is 0 Å². The van der Waals surface area contributed by atoms with Crippen LogP contribution in [0, 0.1) is 0 Å². The minimum Gasteiger partial charge on any atom is -0.506 e.